The molecule has 6 nitrogen and oxygen atoms in total. The summed E-state index contributed by atoms with van der Waals surface area (Å²) in [5.41, 5.74) is 1.88. The Labute approximate surface area is 150 Å². The molecule has 0 aromatic carbocycles. The molecule has 1 rings (SSSR count). The Balaban J connectivity index is 0.00000441. The highest BCUT2D eigenvalue weighted by atomic mass is 127. The zero-order chi connectivity index (χ0) is 16.0. The van der Waals surface area contributed by atoms with Crippen molar-refractivity contribution in [3.8, 4) is 0 Å². The molecule has 1 unspecified atom stereocenters. The van der Waals surface area contributed by atoms with E-state index in [0.29, 0.717) is 12.5 Å². The average molecular weight is 424 g/mol. The van der Waals surface area contributed by atoms with Crippen LogP contribution in [0.2, 0.25) is 0 Å². The van der Waals surface area contributed by atoms with Crippen molar-refractivity contribution >= 4 is 29.9 Å². The number of guanidine groups is 1. The van der Waals surface area contributed by atoms with Crippen molar-refractivity contribution < 1.29 is 9.26 Å². The zero-order valence-electron chi connectivity index (χ0n) is 14.6. The first-order valence-corrected chi connectivity index (χ1v) is 7.23. The number of rotatable bonds is 6. The molecule has 2 N–H and O–H groups in total. The van der Waals surface area contributed by atoms with Crippen molar-refractivity contribution in [2.75, 3.05) is 27.2 Å². The second kappa shape index (κ2) is 9.34. The summed E-state index contributed by atoms with van der Waals surface area (Å²) in [6, 6.07) is 0. The van der Waals surface area contributed by atoms with Crippen LogP contribution in [0.25, 0.3) is 0 Å². The quantitative estimate of drug-likeness (QED) is 0.418. The Hall–Kier alpha value is -0.830. The molecule has 7 heteroatoms. The van der Waals surface area contributed by atoms with Gasteiger partial charge in [-0.15, -0.1) is 24.0 Å². The predicted molar refractivity (Wildman–Crippen MR) is 100 cm³/mol. The monoisotopic (exact) mass is 424 g/mol. The van der Waals surface area contributed by atoms with Gasteiger partial charge in [0.15, 0.2) is 5.96 Å². The summed E-state index contributed by atoms with van der Waals surface area (Å²) >= 11 is 0. The summed E-state index contributed by atoms with van der Waals surface area (Å²) < 4.78 is 10.6. The molecule has 1 aromatic heterocycles. The third-order valence-electron chi connectivity index (χ3n) is 3.61. The maximum absolute atomic E-state index is 5.38. The molecule has 0 spiro atoms. The average Bonchev–Trinajstić information content (AvgIpc) is 2.78. The molecule has 1 aromatic rings. The van der Waals surface area contributed by atoms with Gasteiger partial charge < -0.3 is 19.9 Å². The van der Waals surface area contributed by atoms with Crippen LogP contribution in [-0.2, 0) is 4.74 Å². The van der Waals surface area contributed by atoms with E-state index in [-0.39, 0.29) is 29.6 Å². The molecule has 1 heterocycles. The van der Waals surface area contributed by atoms with E-state index >= 15 is 0 Å². The van der Waals surface area contributed by atoms with Gasteiger partial charge in [-0.1, -0.05) is 12.1 Å². The van der Waals surface area contributed by atoms with E-state index in [0.717, 1.165) is 29.5 Å². The van der Waals surface area contributed by atoms with Gasteiger partial charge in [0.25, 0.3) is 0 Å². The molecule has 0 fully saturated rings. The molecule has 0 amide bonds. The van der Waals surface area contributed by atoms with Crippen LogP contribution in [0.4, 0.5) is 0 Å². The van der Waals surface area contributed by atoms with Crippen LogP contribution in [0.1, 0.15) is 43.7 Å². The van der Waals surface area contributed by atoms with E-state index in [1.54, 1.807) is 14.2 Å². The normalized spacial score (nSPS) is 13.5. The fourth-order valence-electron chi connectivity index (χ4n) is 2.13. The molecule has 128 valence electrons. The Kier molecular flexibility index (Phi) is 8.99. The van der Waals surface area contributed by atoms with Crippen LogP contribution in [0.15, 0.2) is 9.52 Å². The van der Waals surface area contributed by atoms with E-state index in [9.17, 15) is 0 Å². The van der Waals surface area contributed by atoms with Crippen LogP contribution in [0.3, 0.4) is 0 Å². The number of hydrogen-bond acceptors (Lipinski definition) is 4. The first-order chi connectivity index (χ1) is 9.80. The maximum Gasteiger partial charge on any atom is 0.191 e. The SMILES string of the molecule is CN=C(NCC(C)c1c(C)noc1C)NCC(C)(C)OC.I. The molecule has 0 bridgehead atoms. The molecule has 0 saturated heterocycles. The van der Waals surface area contributed by atoms with Gasteiger partial charge in [-0.3, -0.25) is 4.99 Å². The van der Waals surface area contributed by atoms with E-state index in [2.05, 4.69) is 27.7 Å². The van der Waals surface area contributed by atoms with E-state index in [1.807, 2.05) is 27.7 Å². The Morgan fingerprint density at radius 2 is 2.00 bits per heavy atom. The molecule has 22 heavy (non-hydrogen) atoms. The molecule has 0 saturated carbocycles. The lowest BCUT2D eigenvalue weighted by Crippen LogP contribution is -2.46. The molecule has 0 aliphatic heterocycles. The van der Waals surface area contributed by atoms with Gasteiger partial charge >= 0.3 is 0 Å². The fourth-order valence-corrected chi connectivity index (χ4v) is 2.13. The van der Waals surface area contributed by atoms with E-state index < -0.39 is 0 Å². The molecular weight excluding hydrogens is 395 g/mol. The lowest BCUT2D eigenvalue weighted by molar-refractivity contribution is 0.0268. The first-order valence-electron chi connectivity index (χ1n) is 7.23. The molecule has 1 atom stereocenters. The highest BCUT2D eigenvalue weighted by molar-refractivity contribution is 14.0. The largest absolute Gasteiger partial charge is 0.377 e. The number of aliphatic imine (C=N–C) groups is 1. The second-order valence-electron chi connectivity index (χ2n) is 5.91. The van der Waals surface area contributed by atoms with Crippen molar-refractivity contribution in [3.05, 3.63) is 17.0 Å². The van der Waals surface area contributed by atoms with Gasteiger partial charge in [-0.2, -0.15) is 0 Å². The lowest BCUT2D eigenvalue weighted by Gasteiger charge is -2.25. The lowest BCUT2D eigenvalue weighted by atomic mass is 10.00. The Bertz CT molecular complexity index is 466. The van der Waals surface area contributed by atoms with E-state index in [1.165, 1.54) is 0 Å². The minimum atomic E-state index is -0.231. The summed E-state index contributed by atoms with van der Waals surface area (Å²) in [7, 11) is 3.47. The zero-order valence-corrected chi connectivity index (χ0v) is 16.9. The standard InChI is InChI=1S/C15H28N4O2.HI/c1-10(13-11(2)19-21-12(13)3)8-17-14(16-6)18-9-15(4,5)20-7;/h10H,8-9H2,1-7H3,(H2,16,17,18);1H. The summed E-state index contributed by atoms with van der Waals surface area (Å²) in [6.45, 7) is 11.6. The van der Waals surface area contributed by atoms with Gasteiger partial charge in [0.2, 0.25) is 0 Å². The number of methoxy groups -OCH3 is 1. The van der Waals surface area contributed by atoms with Crippen molar-refractivity contribution in [2.24, 2.45) is 4.99 Å². The number of halogens is 1. The Morgan fingerprint density at radius 3 is 2.45 bits per heavy atom. The Morgan fingerprint density at radius 1 is 1.36 bits per heavy atom. The van der Waals surface area contributed by atoms with E-state index in [4.69, 9.17) is 9.26 Å². The van der Waals surface area contributed by atoms with Crippen LogP contribution in [-0.4, -0.2) is 44.0 Å². The van der Waals surface area contributed by atoms with Crippen molar-refractivity contribution in [2.45, 2.75) is 46.1 Å². The van der Waals surface area contributed by atoms with Crippen molar-refractivity contribution in [3.63, 3.8) is 0 Å². The van der Waals surface area contributed by atoms with Crippen LogP contribution >= 0.6 is 24.0 Å². The topological polar surface area (TPSA) is 71.7 Å². The third kappa shape index (κ3) is 6.12. The van der Waals surface area contributed by atoms with Crippen molar-refractivity contribution in [1.82, 2.24) is 15.8 Å². The molecule has 0 aliphatic rings. The number of hydrogen-bond donors (Lipinski definition) is 2. The fraction of sp³-hybridized carbons (Fsp3) is 0.733. The predicted octanol–water partition coefficient (Wildman–Crippen LogP) is 2.60. The van der Waals surface area contributed by atoms with Gasteiger partial charge in [0.1, 0.15) is 5.76 Å². The smallest absolute Gasteiger partial charge is 0.191 e. The minimum absolute atomic E-state index is 0. The first kappa shape index (κ1) is 21.2. The number of nitrogens with one attached hydrogen (secondary N) is 2. The third-order valence-corrected chi connectivity index (χ3v) is 3.61. The highest BCUT2D eigenvalue weighted by Crippen LogP contribution is 2.22. The maximum atomic E-state index is 5.38. The second-order valence-corrected chi connectivity index (χ2v) is 5.91. The minimum Gasteiger partial charge on any atom is -0.377 e. The molecular formula is C15H29IN4O2. The number of ether oxygens (including phenoxy) is 1. The summed E-state index contributed by atoms with van der Waals surface area (Å²) in [5.74, 6) is 1.94. The number of aromatic nitrogens is 1. The van der Waals surface area contributed by atoms with Gasteiger partial charge in [-0.05, 0) is 27.7 Å². The van der Waals surface area contributed by atoms with Crippen LogP contribution < -0.4 is 10.6 Å². The van der Waals surface area contributed by atoms with Crippen molar-refractivity contribution in [1.29, 1.82) is 0 Å². The van der Waals surface area contributed by atoms with Gasteiger partial charge in [0.05, 0.1) is 11.3 Å². The van der Waals surface area contributed by atoms with Crippen LogP contribution in [0, 0.1) is 13.8 Å². The summed E-state index contributed by atoms with van der Waals surface area (Å²) in [5, 5.41) is 10.6. The number of nitrogens with zero attached hydrogens (tertiary/aromatic N) is 2. The molecule has 0 aliphatic carbocycles. The summed E-state index contributed by atoms with van der Waals surface area (Å²) in [4.78, 5) is 4.22. The summed E-state index contributed by atoms with van der Waals surface area (Å²) in [6.07, 6.45) is 0. The van der Waals surface area contributed by atoms with Gasteiger partial charge in [-0.25, -0.2) is 0 Å². The molecule has 0 radical (unpaired) electrons. The number of aryl methyl sites for hydroxylation is 2. The van der Waals surface area contributed by atoms with Gasteiger partial charge in [0, 0.05) is 38.7 Å². The van der Waals surface area contributed by atoms with Crippen LogP contribution in [0.5, 0.6) is 0 Å². The highest BCUT2D eigenvalue weighted by Gasteiger charge is 2.18.